The number of hydrogen-bond donors (Lipinski definition) is 0. The Morgan fingerprint density at radius 2 is 2.11 bits per heavy atom. The van der Waals surface area contributed by atoms with Crippen molar-refractivity contribution in [1.29, 1.82) is 0 Å². The second-order valence-corrected chi connectivity index (χ2v) is 6.55. The molecule has 0 saturated heterocycles. The van der Waals surface area contributed by atoms with Gasteiger partial charge < -0.3 is 0 Å². The first kappa shape index (κ1) is 11.4. The molecule has 1 saturated carbocycles. The van der Waals surface area contributed by atoms with Gasteiger partial charge in [-0.25, -0.2) is 4.98 Å². The number of rotatable bonds is 2. The number of aromatic nitrogens is 1. The van der Waals surface area contributed by atoms with Crippen molar-refractivity contribution in [2.24, 2.45) is 0 Å². The molecular weight excluding hydrogens is 254 g/mol. The highest BCUT2D eigenvalue weighted by atomic mass is 32.1. The van der Waals surface area contributed by atoms with E-state index in [9.17, 15) is 4.79 Å². The van der Waals surface area contributed by atoms with Crippen molar-refractivity contribution < 1.29 is 4.79 Å². The average molecular weight is 269 g/mol. The van der Waals surface area contributed by atoms with Crippen LogP contribution in [0.5, 0.6) is 0 Å². The lowest BCUT2D eigenvalue weighted by Crippen LogP contribution is -2.08. The molecule has 0 bridgehead atoms. The van der Waals surface area contributed by atoms with E-state index >= 15 is 0 Å². The Kier molecular flexibility index (Phi) is 2.55. The van der Waals surface area contributed by atoms with Crippen LogP contribution >= 0.6 is 11.3 Å². The zero-order valence-corrected chi connectivity index (χ0v) is 11.5. The SMILES string of the molecule is O=C1CCCc2sc(-c3cccc(C4CC4)c3)nc21. The Labute approximate surface area is 116 Å². The second kappa shape index (κ2) is 4.27. The molecule has 1 fully saturated rings. The molecule has 1 aromatic heterocycles. The maximum absolute atomic E-state index is 11.9. The fraction of sp³-hybridized carbons (Fsp3) is 0.375. The summed E-state index contributed by atoms with van der Waals surface area (Å²) < 4.78 is 0. The normalized spacial score (nSPS) is 18.4. The van der Waals surface area contributed by atoms with Crippen molar-refractivity contribution in [3.63, 3.8) is 0 Å². The lowest BCUT2D eigenvalue weighted by Gasteiger charge is -2.06. The standard InChI is InChI=1S/C16H15NOS/c18-13-5-2-6-14-15(13)17-16(19-14)12-4-1-3-11(9-12)10-7-8-10/h1,3-4,9-10H,2,5-8H2. The molecule has 0 spiro atoms. The van der Waals surface area contributed by atoms with Crippen LogP contribution in [0.4, 0.5) is 0 Å². The zero-order chi connectivity index (χ0) is 12.8. The summed E-state index contributed by atoms with van der Waals surface area (Å²) in [4.78, 5) is 17.6. The van der Waals surface area contributed by atoms with Gasteiger partial charge in [-0.15, -0.1) is 11.3 Å². The Hall–Kier alpha value is -1.48. The molecule has 0 aliphatic heterocycles. The van der Waals surface area contributed by atoms with E-state index in [0.29, 0.717) is 6.42 Å². The predicted octanol–water partition coefficient (Wildman–Crippen LogP) is 4.21. The third kappa shape index (κ3) is 2.02. The predicted molar refractivity (Wildman–Crippen MR) is 76.8 cm³/mol. The highest BCUT2D eigenvalue weighted by molar-refractivity contribution is 7.15. The van der Waals surface area contributed by atoms with E-state index in [2.05, 4.69) is 29.2 Å². The van der Waals surface area contributed by atoms with E-state index in [1.165, 1.54) is 28.8 Å². The molecule has 0 N–H and O–H groups in total. The van der Waals surface area contributed by atoms with Gasteiger partial charge in [0.2, 0.25) is 0 Å². The molecule has 96 valence electrons. The van der Waals surface area contributed by atoms with Crippen LogP contribution in [0.15, 0.2) is 24.3 Å². The van der Waals surface area contributed by atoms with Crippen LogP contribution in [0.25, 0.3) is 10.6 Å². The zero-order valence-electron chi connectivity index (χ0n) is 10.7. The van der Waals surface area contributed by atoms with Gasteiger partial charge in [0.05, 0.1) is 0 Å². The molecule has 1 heterocycles. The van der Waals surface area contributed by atoms with Crippen molar-refractivity contribution in [1.82, 2.24) is 4.98 Å². The van der Waals surface area contributed by atoms with Crippen LogP contribution in [0, 0.1) is 0 Å². The van der Waals surface area contributed by atoms with Gasteiger partial charge in [-0.2, -0.15) is 0 Å². The van der Waals surface area contributed by atoms with Crippen LogP contribution in [0.3, 0.4) is 0 Å². The van der Waals surface area contributed by atoms with Crippen LogP contribution < -0.4 is 0 Å². The summed E-state index contributed by atoms with van der Waals surface area (Å²) in [6, 6.07) is 8.69. The van der Waals surface area contributed by atoms with E-state index in [0.717, 1.165) is 29.5 Å². The number of carbonyl (C=O) groups is 1. The monoisotopic (exact) mass is 269 g/mol. The minimum atomic E-state index is 0.224. The third-order valence-corrected chi connectivity index (χ3v) is 5.12. The number of fused-ring (bicyclic) bond motifs is 1. The molecule has 0 radical (unpaired) electrons. The minimum Gasteiger partial charge on any atom is -0.292 e. The Morgan fingerprint density at radius 3 is 2.89 bits per heavy atom. The summed E-state index contributed by atoms with van der Waals surface area (Å²) in [5, 5.41) is 1.02. The molecule has 19 heavy (non-hydrogen) atoms. The largest absolute Gasteiger partial charge is 0.292 e. The highest BCUT2D eigenvalue weighted by Crippen LogP contribution is 2.41. The summed E-state index contributed by atoms with van der Waals surface area (Å²) in [6.07, 6.45) is 5.29. The molecule has 2 aromatic rings. The van der Waals surface area contributed by atoms with Gasteiger partial charge in [-0.1, -0.05) is 18.2 Å². The molecule has 0 unspecified atom stereocenters. The number of benzene rings is 1. The first-order chi connectivity index (χ1) is 9.31. The molecular formula is C16H15NOS. The van der Waals surface area contributed by atoms with E-state index in [1.54, 1.807) is 11.3 Å². The first-order valence-corrected chi connectivity index (χ1v) is 7.76. The van der Waals surface area contributed by atoms with Gasteiger partial charge in [0.1, 0.15) is 10.7 Å². The summed E-state index contributed by atoms with van der Waals surface area (Å²) >= 11 is 1.70. The Morgan fingerprint density at radius 1 is 1.21 bits per heavy atom. The topological polar surface area (TPSA) is 30.0 Å². The van der Waals surface area contributed by atoms with Crippen LogP contribution in [0.1, 0.15) is 52.5 Å². The number of Topliss-reactive ketones (excluding diaryl/α,β-unsaturated/α-hetero) is 1. The van der Waals surface area contributed by atoms with Gasteiger partial charge in [0.15, 0.2) is 5.78 Å². The van der Waals surface area contributed by atoms with Gasteiger partial charge >= 0.3 is 0 Å². The minimum absolute atomic E-state index is 0.224. The first-order valence-electron chi connectivity index (χ1n) is 6.94. The van der Waals surface area contributed by atoms with E-state index in [-0.39, 0.29) is 5.78 Å². The number of hydrogen-bond acceptors (Lipinski definition) is 3. The average Bonchev–Trinajstić information content (AvgIpc) is 3.19. The molecule has 4 rings (SSSR count). The summed E-state index contributed by atoms with van der Waals surface area (Å²) in [6.45, 7) is 0. The van der Waals surface area contributed by atoms with Gasteiger partial charge in [-0.3, -0.25) is 4.79 Å². The summed E-state index contributed by atoms with van der Waals surface area (Å²) in [5.41, 5.74) is 3.34. The molecule has 2 nitrogen and oxygen atoms in total. The van der Waals surface area contributed by atoms with Gasteiger partial charge in [0.25, 0.3) is 0 Å². The van der Waals surface area contributed by atoms with Crippen molar-refractivity contribution in [2.45, 2.75) is 38.0 Å². The molecule has 2 aliphatic rings. The maximum Gasteiger partial charge on any atom is 0.182 e. The summed E-state index contributed by atoms with van der Waals surface area (Å²) in [5.74, 6) is 0.985. The van der Waals surface area contributed by atoms with Crippen molar-refractivity contribution >= 4 is 17.1 Å². The Balaban J connectivity index is 1.75. The number of carbonyl (C=O) groups excluding carboxylic acids is 1. The second-order valence-electron chi connectivity index (χ2n) is 5.47. The molecule has 2 aliphatic carbocycles. The fourth-order valence-electron chi connectivity index (χ4n) is 2.73. The quantitative estimate of drug-likeness (QED) is 0.817. The van der Waals surface area contributed by atoms with E-state index in [1.807, 2.05) is 0 Å². The number of aryl methyl sites for hydroxylation is 1. The van der Waals surface area contributed by atoms with E-state index in [4.69, 9.17) is 0 Å². The van der Waals surface area contributed by atoms with Crippen LogP contribution in [0.2, 0.25) is 0 Å². The number of ketones is 1. The van der Waals surface area contributed by atoms with Crippen molar-refractivity contribution in [2.75, 3.05) is 0 Å². The number of nitrogens with zero attached hydrogens (tertiary/aromatic N) is 1. The Bertz CT molecular complexity index is 655. The summed E-state index contributed by atoms with van der Waals surface area (Å²) in [7, 11) is 0. The maximum atomic E-state index is 11.9. The van der Waals surface area contributed by atoms with Crippen LogP contribution in [-0.4, -0.2) is 10.8 Å². The molecule has 0 amide bonds. The van der Waals surface area contributed by atoms with Gasteiger partial charge in [-0.05, 0) is 43.2 Å². The van der Waals surface area contributed by atoms with Crippen molar-refractivity contribution in [3.05, 3.63) is 40.4 Å². The molecule has 1 aromatic carbocycles. The lowest BCUT2D eigenvalue weighted by molar-refractivity contribution is 0.0968. The highest BCUT2D eigenvalue weighted by Gasteiger charge is 2.25. The molecule has 3 heteroatoms. The third-order valence-electron chi connectivity index (χ3n) is 3.95. The lowest BCUT2D eigenvalue weighted by atomic mass is 10.0. The molecule has 0 atom stereocenters. The number of thiazole rings is 1. The van der Waals surface area contributed by atoms with Crippen molar-refractivity contribution in [3.8, 4) is 10.6 Å². The van der Waals surface area contributed by atoms with Gasteiger partial charge in [0, 0.05) is 16.9 Å². The smallest absolute Gasteiger partial charge is 0.182 e. The van der Waals surface area contributed by atoms with Crippen LogP contribution in [-0.2, 0) is 6.42 Å². The fourth-order valence-corrected chi connectivity index (χ4v) is 3.85. The van der Waals surface area contributed by atoms with E-state index < -0.39 is 0 Å².